The standard InChI is InChI=1S/C15H30OSi/c1-6-7-8-9-10-11-15-12-13(2)16-17(4,5)14(15)3/h11,13-14H,6-10,12H2,1-5H3/b15-11+. The molecule has 0 aromatic heterocycles. The molecule has 1 aliphatic rings. The highest BCUT2D eigenvalue weighted by Crippen LogP contribution is 2.39. The van der Waals surface area contributed by atoms with Gasteiger partial charge in [-0.25, -0.2) is 0 Å². The van der Waals surface area contributed by atoms with Gasteiger partial charge in [0.2, 0.25) is 0 Å². The van der Waals surface area contributed by atoms with Crippen LogP contribution in [0.2, 0.25) is 18.6 Å². The third-order valence-corrected chi connectivity index (χ3v) is 7.56. The van der Waals surface area contributed by atoms with Crippen molar-refractivity contribution in [1.29, 1.82) is 0 Å². The van der Waals surface area contributed by atoms with Crippen molar-refractivity contribution < 1.29 is 4.43 Å². The second-order valence-corrected chi connectivity index (χ2v) is 10.4. The van der Waals surface area contributed by atoms with E-state index in [4.69, 9.17) is 4.43 Å². The van der Waals surface area contributed by atoms with Crippen molar-refractivity contribution in [2.45, 2.75) is 84.0 Å². The molecule has 17 heavy (non-hydrogen) atoms. The van der Waals surface area contributed by atoms with Crippen LogP contribution in [0.5, 0.6) is 0 Å². The molecule has 0 aromatic carbocycles. The van der Waals surface area contributed by atoms with E-state index in [1.54, 1.807) is 5.57 Å². The monoisotopic (exact) mass is 254 g/mol. The van der Waals surface area contributed by atoms with Crippen LogP contribution in [-0.4, -0.2) is 14.4 Å². The normalized spacial score (nSPS) is 30.8. The second-order valence-electron chi connectivity index (χ2n) is 6.09. The molecule has 1 rings (SSSR count). The maximum absolute atomic E-state index is 6.16. The molecule has 0 saturated carbocycles. The predicted molar refractivity (Wildman–Crippen MR) is 78.9 cm³/mol. The minimum atomic E-state index is -1.46. The first kappa shape index (κ1) is 15.0. The summed E-state index contributed by atoms with van der Waals surface area (Å²) < 4.78 is 6.16. The van der Waals surface area contributed by atoms with Gasteiger partial charge in [-0.3, -0.25) is 0 Å². The van der Waals surface area contributed by atoms with Crippen molar-refractivity contribution >= 4 is 8.32 Å². The summed E-state index contributed by atoms with van der Waals surface area (Å²) in [5, 5.41) is 0. The van der Waals surface area contributed by atoms with E-state index in [-0.39, 0.29) is 0 Å². The zero-order valence-electron chi connectivity index (χ0n) is 12.4. The van der Waals surface area contributed by atoms with Crippen LogP contribution in [0.4, 0.5) is 0 Å². The Morgan fingerprint density at radius 3 is 2.59 bits per heavy atom. The lowest BCUT2D eigenvalue weighted by Crippen LogP contribution is -2.43. The number of allylic oxidation sites excluding steroid dienone is 1. The molecule has 2 heteroatoms. The fourth-order valence-corrected chi connectivity index (χ4v) is 5.19. The lowest BCUT2D eigenvalue weighted by molar-refractivity contribution is 0.190. The van der Waals surface area contributed by atoms with Gasteiger partial charge in [-0.15, -0.1) is 0 Å². The van der Waals surface area contributed by atoms with E-state index in [2.05, 4.69) is 39.9 Å². The Hall–Kier alpha value is -0.0831. The van der Waals surface area contributed by atoms with Crippen LogP contribution in [-0.2, 0) is 4.43 Å². The highest BCUT2D eigenvalue weighted by molar-refractivity contribution is 6.73. The molecule has 0 aromatic rings. The lowest BCUT2D eigenvalue weighted by Gasteiger charge is -2.40. The summed E-state index contributed by atoms with van der Waals surface area (Å²) >= 11 is 0. The van der Waals surface area contributed by atoms with Gasteiger partial charge in [-0.1, -0.05) is 44.8 Å². The first-order chi connectivity index (χ1) is 7.97. The van der Waals surface area contributed by atoms with Crippen molar-refractivity contribution in [2.75, 3.05) is 0 Å². The Morgan fingerprint density at radius 1 is 1.24 bits per heavy atom. The van der Waals surface area contributed by atoms with Crippen molar-refractivity contribution in [2.24, 2.45) is 0 Å². The minimum absolute atomic E-state index is 0.440. The number of hydrogen-bond acceptors (Lipinski definition) is 1. The summed E-state index contributed by atoms with van der Waals surface area (Å²) in [6.45, 7) is 11.6. The number of unbranched alkanes of at least 4 members (excludes halogenated alkanes) is 4. The fourth-order valence-electron chi connectivity index (χ4n) is 2.74. The van der Waals surface area contributed by atoms with E-state index < -0.39 is 8.32 Å². The first-order valence-electron chi connectivity index (χ1n) is 7.34. The summed E-state index contributed by atoms with van der Waals surface area (Å²) in [6.07, 6.45) is 10.9. The Bertz CT molecular complexity index is 258. The van der Waals surface area contributed by atoms with Crippen molar-refractivity contribution in [3.63, 3.8) is 0 Å². The average Bonchev–Trinajstić information content (AvgIpc) is 2.24. The van der Waals surface area contributed by atoms with Crippen molar-refractivity contribution in [3.05, 3.63) is 11.6 Å². The van der Waals surface area contributed by atoms with Crippen LogP contribution in [0.1, 0.15) is 59.3 Å². The Kier molecular flexibility index (Phi) is 5.94. The van der Waals surface area contributed by atoms with Crippen molar-refractivity contribution in [1.82, 2.24) is 0 Å². The van der Waals surface area contributed by atoms with Gasteiger partial charge in [0, 0.05) is 6.10 Å². The van der Waals surface area contributed by atoms with Gasteiger partial charge < -0.3 is 4.43 Å². The fraction of sp³-hybridized carbons (Fsp3) is 0.867. The zero-order chi connectivity index (χ0) is 12.9. The minimum Gasteiger partial charge on any atom is -0.414 e. The quantitative estimate of drug-likeness (QED) is 0.368. The van der Waals surface area contributed by atoms with Crippen molar-refractivity contribution in [3.8, 4) is 0 Å². The van der Waals surface area contributed by atoms with Gasteiger partial charge in [0.05, 0.1) is 0 Å². The Balaban J connectivity index is 2.47. The SMILES string of the molecule is CCCCCC/C=C1\CC(C)O[Si](C)(C)C1C. The topological polar surface area (TPSA) is 9.23 Å². The van der Waals surface area contributed by atoms with Crippen LogP contribution in [0.3, 0.4) is 0 Å². The van der Waals surface area contributed by atoms with Crippen LogP contribution in [0.25, 0.3) is 0 Å². The Labute approximate surface area is 109 Å². The van der Waals surface area contributed by atoms with Gasteiger partial charge in [-0.2, -0.15) is 0 Å². The largest absolute Gasteiger partial charge is 0.414 e. The van der Waals surface area contributed by atoms with E-state index >= 15 is 0 Å². The van der Waals surface area contributed by atoms with E-state index in [1.165, 1.54) is 32.1 Å². The Morgan fingerprint density at radius 2 is 1.94 bits per heavy atom. The first-order valence-corrected chi connectivity index (χ1v) is 10.3. The maximum Gasteiger partial charge on any atom is 0.193 e. The molecular weight excluding hydrogens is 224 g/mol. The molecule has 0 spiro atoms. The maximum atomic E-state index is 6.16. The third kappa shape index (κ3) is 4.59. The molecule has 1 saturated heterocycles. The molecule has 0 bridgehead atoms. The van der Waals surface area contributed by atoms with E-state index in [9.17, 15) is 0 Å². The molecule has 100 valence electrons. The molecule has 1 fully saturated rings. The van der Waals surface area contributed by atoms with Gasteiger partial charge in [0.1, 0.15) is 0 Å². The molecule has 1 aliphatic heterocycles. The van der Waals surface area contributed by atoms with E-state index in [0.29, 0.717) is 11.6 Å². The van der Waals surface area contributed by atoms with Gasteiger partial charge in [0.25, 0.3) is 0 Å². The molecule has 0 radical (unpaired) electrons. The van der Waals surface area contributed by atoms with E-state index in [1.807, 2.05) is 0 Å². The van der Waals surface area contributed by atoms with E-state index in [0.717, 1.165) is 6.42 Å². The average molecular weight is 254 g/mol. The predicted octanol–water partition coefficient (Wildman–Crippen LogP) is 5.29. The smallest absolute Gasteiger partial charge is 0.193 e. The van der Waals surface area contributed by atoms with Crippen LogP contribution in [0, 0.1) is 0 Å². The summed E-state index contributed by atoms with van der Waals surface area (Å²) in [6, 6.07) is 0. The summed E-state index contributed by atoms with van der Waals surface area (Å²) in [4.78, 5) is 0. The van der Waals surface area contributed by atoms with Crippen LogP contribution >= 0.6 is 0 Å². The van der Waals surface area contributed by atoms with Gasteiger partial charge in [0.15, 0.2) is 8.32 Å². The molecule has 0 amide bonds. The highest BCUT2D eigenvalue weighted by atomic mass is 28.4. The highest BCUT2D eigenvalue weighted by Gasteiger charge is 2.38. The summed E-state index contributed by atoms with van der Waals surface area (Å²) in [7, 11) is -1.46. The van der Waals surface area contributed by atoms with Gasteiger partial charge >= 0.3 is 0 Å². The molecule has 0 aliphatic carbocycles. The van der Waals surface area contributed by atoms with Gasteiger partial charge in [-0.05, 0) is 44.8 Å². The summed E-state index contributed by atoms with van der Waals surface area (Å²) in [5.74, 6) is 0. The molecule has 1 heterocycles. The van der Waals surface area contributed by atoms with Crippen LogP contribution < -0.4 is 0 Å². The second kappa shape index (κ2) is 6.74. The molecule has 0 N–H and O–H groups in total. The number of rotatable bonds is 5. The summed E-state index contributed by atoms with van der Waals surface area (Å²) in [5.41, 5.74) is 2.38. The molecular formula is C15H30OSi. The molecule has 2 unspecified atom stereocenters. The molecule has 1 nitrogen and oxygen atoms in total. The lowest BCUT2D eigenvalue weighted by atomic mass is 10.0. The molecule has 2 atom stereocenters. The van der Waals surface area contributed by atoms with Crippen LogP contribution in [0.15, 0.2) is 11.6 Å². The zero-order valence-corrected chi connectivity index (χ0v) is 13.4. The third-order valence-electron chi connectivity index (χ3n) is 4.09. The number of hydrogen-bond donors (Lipinski definition) is 0.